The smallest absolute Gasteiger partial charge is 0.110 e. The molecular formula is C13H19BrSi. The summed E-state index contributed by atoms with van der Waals surface area (Å²) >= 11 is 3.71. The minimum absolute atomic E-state index is 0.179. The lowest BCUT2D eigenvalue weighted by Gasteiger charge is -2.08. The zero-order chi connectivity index (χ0) is 10.9. The molecule has 0 fully saturated rings. The molecule has 15 heavy (non-hydrogen) atoms. The quantitative estimate of drug-likeness (QED) is 0.321. The number of allylic oxidation sites excluding steroid dienone is 2. The van der Waals surface area contributed by atoms with Gasteiger partial charge in [0.15, 0.2) is 0 Å². The van der Waals surface area contributed by atoms with Crippen molar-refractivity contribution >= 4 is 23.4 Å². The third-order valence-corrected chi connectivity index (χ3v) is 5.66. The molecule has 0 aromatic heterocycles. The number of rotatable bonds is 6. The van der Waals surface area contributed by atoms with Crippen molar-refractivity contribution in [2.24, 2.45) is 0 Å². The molecule has 0 radical (unpaired) electrons. The van der Waals surface area contributed by atoms with E-state index in [9.17, 15) is 0 Å². The van der Waals surface area contributed by atoms with Crippen LogP contribution in [0, 0.1) is 0 Å². The van der Waals surface area contributed by atoms with Crippen LogP contribution in [0.4, 0.5) is 0 Å². The van der Waals surface area contributed by atoms with Crippen molar-refractivity contribution < 1.29 is 0 Å². The molecule has 1 aromatic carbocycles. The topological polar surface area (TPSA) is 0 Å². The van der Waals surface area contributed by atoms with E-state index in [2.05, 4.69) is 64.7 Å². The summed E-state index contributed by atoms with van der Waals surface area (Å²) in [6, 6.07) is 10.8. The molecule has 1 aromatic rings. The average molecular weight is 283 g/mol. The molecule has 0 aliphatic carbocycles. The van der Waals surface area contributed by atoms with Crippen molar-refractivity contribution in [3.8, 4) is 0 Å². The first-order chi connectivity index (χ1) is 7.38. The van der Waals surface area contributed by atoms with E-state index < -0.39 is 0 Å². The van der Waals surface area contributed by atoms with Crippen LogP contribution in [0.1, 0.15) is 37.3 Å². The summed E-state index contributed by atoms with van der Waals surface area (Å²) in [6.45, 7) is 2.24. The van der Waals surface area contributed by atoms with Crippen molar-refractivity contribution in [1.29, 1.82) is 0 Å². The average Bonchev–Trinajstić information content (AvgIpc) is 2.30. The van der Waals surface area contributed by atoms with Gasteiger partial charge in [-0.05, 0) is 12.0 Å². The zero-order valence-electron chi connectivity index (χ0n) is 9.33. The Morgan fingerprint density at radius 1 is 1.33 bits per heavy atom. The molecule has 0 saturated carbocycles. The van der Waals surface area contributed by atoms with Gasteiger partial charge in [0.25, 0.3) is 0 Å². The van der Waals surface area contributed by atoms with Crippen LogP contribution in [0.25, 0.3) is 0 Å². The van der Waals surface area contributed by atoms with Crippen LogP contribution in [0.15, 0.2) is 42.5 Å². The standard InChI is InChI=1S/C13H19BrSi/c1-2-3-4-8-11-13(15-14)12-9-6-5-7-10-12/h5-11,13H,2-4,15H2,1H3/b11-8+. The Bertz CT molecular complexity index is 282. The van der Waals surface area contributed by atoms with Gasteiger partial charge in [-0.1, -0.05) is 62.2 Å². The Balaban J connectivity index is 2.53. The predicted octanol–water partition coefficient (Wildman–Crippen LogP) is 3.95. The molecule has 0 spiro atoms. The first-order valence-electron chi connectivity index (χ1n) is 5.66. The molecule has 0 aliphatic heterocycles. The first-order valence-corrected chi connectivity index (χ1v) is 10.4. The van der Waals surface area contributed by atoms with Gasteiger partial charge in [0.05, 0.1) is 0 Å². The number of benzene rings is 1. The van der Waals surface area contributed by atoms with Crippen LogP contribution in [-0.4, -0.2) is 8.14 Å². The van der Waals surface area contributed by atoms with Crippen molar-refractivity contribution in [2.45, 2.75) is 31.7 Å². The van der Waals surface area contributed by atoms with Gasteiger partial charge in [-0.15, -0.1) is 15.3 Å². The molecule has 1 unspecified atom stereocenters. The molecule has 1 rings (SSSR count). The van der Waals surface area contributed by atoms with Crippen LogP contribution in [0.2, 0.25) is 0 Å². The summed E-state index contributed by atoms with van der Waals surface area (Å²) < 4.78 is 0. The molecule has 0 heterocycles. The number of hydrogen-bond acceptors (Lipinski definition) is 0. The minimum atomic E-state index is -0.179. The summed E-state index contributed by atoms with van der Waals surface area (Å²) in [4.78, 5) is 0. The molecule has 0 bridgehead atoms. The van der Waals surface area contributed by atoms with E-state index in [-0.39, 0.29) is 8.14 Å². The fraction of sp³-hybridized carbons (Fsp3) is 0.385. The molecular weight excluding hydrogens is 264 g/mol. The lowest BCUT2D eigenvalue weighted by atomic mass is 10.1. The molecule has 82 valence electrons. The van der Waals surface area contributed by atoms with Crippen LogP contribution < -0.4 is 0 Å². The SMILES string of the molecule is CCCC/C=C/C([SiH2]Br)c1ccccc1. The van der Waals surface area contributed by atoms with Gasteiger partial charge in [-0.2, -0.15) is 0 Å². The first kappa shape index (κ1) is 12.7. The van der Waals surface area contributed by atoms with E-state index >= 15 is 0 Å². The van der Waals surface area contributed by atoms with E-state index in [0.29, 0.717) is 5.54 Å². The molecule has 0 nitrogen and oxygen atoms in total. The Labute approximate surface area is 103 Å². The molecule has 2 heteroatoms. The van der Waals surface area contributed by atoms with Gasteiger partial charge < -0.3 is 0 Å². The van der Waals surface area contributed by atoms with Gasteiger partial charge in [-0.3, -0.25) is 0 Å². The van der Waals surface area contributed by atoms with Crippen LogP contribution in [-0.2, 0) is 0 Å². The highest BCUT2D eigenvalue weighted by Gasteiger charge is 2.04. The number of unbranched alkanes of at least 4 members (excludes halogenated alkanes) is 2. The monoisotopic (exact) mass is 282 g/mol. The summed E-state index contributed by atoms with van der Waals surface area (Å²) in [5, 5.41) is 0. The summed E-state index contributed by atoms with van der Waals surface area (Å²) in [7, 11) is -0.179. The van der Waals surface area contributed by atoms with Crippen LogP contribution >= 0.6 is 15.3 Å². The predicted molar refractivity (Wildman–Crippen MR) is 75.3 cm³/mol. The molecule has 0 amide bonds. The van der Waals surface area contributed by atoms with Crippen LogP contribution in [0.3, 0.4) is 0 Å². The van der Waals surface area contributed by atoms with Crippen molar-refractivity contribution in [3.63, 3.8) is 0 Å². The van der Waals surface area contributed by atoms with Crippen molar-refractivity contribution in [1.82, 2.24) is 0 Å². The maximum Gasteiger partial charge on any atom is 0.110 e. The fourth-order valence-electron chi connectivity index (χ4n) is 1.53. The van der Waals surface area contributed by atoms with E-state index in [1.807, 2.05) is 0 Å². The largest absolute Gasteiger partial charge is 0.134 e. The fourth-order valence-corrected chi connectivity index (χ4v) is 4.05. The highest BCUT2D eigenvalue weighted by Crippen LogP contribution is 2.18. The maximum absolute atomic E-state index is 3.71. The Hall–Kier alpha value is -0.343. The molecule has 0 aliphatic rings. The maximum atomic E-state index is 3.71. The molecule has 1 atom stereocenters. The Morgan fingerprint density at radius 3 is 2.67 bits per heavy atom. The van der Waals surface area contributed by atoms with E-state index in [4.69, 9.17) is 0 Å². The highest BCUT2D eigenvalue weighted by molar-refractivity contribution is 9.23. The Kier molecular flexibility index (Phi) is 6.69. The van der Waals surface area contributed by atoms with Gasteiger partial charge in [-0.25, -0.2) is 0 Å². The van der Waals surface area contributed by atoms with E-state index in [0.717, 1.165) is 0 Å². The lowest BCUT2D eigenvalue weighted by Crippen LogP contribution is -1.98. The number of halogens is 1. The van der Waals surface area contributed by atoms with Crippen molar-refractivity contribution in [3.05, 3.63) is 48.0 Å². The van der Waals surface area contributed by atoms with Crippen LogP contribution in [0.5, 0.6) is 0 Å². The van der Waals surface area contributed by atoms with Gasteiger partial charge >= 0.3 is 0 Å². The van der Waals surface area contributed by atoms with Gasteiger partial charge in [0.2, 0.25) is 0 Å². The number of hydrogen-bond donors (Lipinski definition) is 0. The second kappa shape index (κ2) is 7.89. The second-order valence-electron chi connectivity index (χ2n) is 3.74. The third-order valence-electron chi connectivity index (χ3n) is 2.49. The van der Waals surface area contributed by atoms with E-state index in [1.54, 1.807) is 0 Å². The van der Waals surface area contributed by atoms with E-state index in [1.165, 1.54) is 24.8 Å². The molecule has 0 N–H and O–H groups in total. The normalized spacial score (nSPS) is 14.0. The minimum Gasteiger partial charge on any atom is -0.134 e. The summed E-state index contributed by atoms with van der Waals surface area (Å²) in [5.74, 6) is 0. The Morgan fingerprint density at radius 2 is 2.07 bits per heavy atom. The summed E-state index contributed by atoms with van der Waals surface area (Å²) in [6.07, 6.45) is 8.54. The summed E-state index contributed by atoms with van der Waals surface area (Å²) in [5.41, 5.74) is 2.11. The molecule has 0 saturated heterocycles. The lowest BCUT2D eigenvalue weighted by molar-refractivity contribution is 0.812. The highest BCUT2D eigenvalue weighted by atomic mass is 79.9. The van der Waals surface area contributed by atoms with Gasteiger partial charge in [0, 0.05) is 5.54 Å². The van der Waals surface area contributed by atoms with Crippen molar-refractivity contribution in [2.75, 3.05) is 0 Å². The van der Waals surface area contributed by atoms with Gasteiger partial charge in [0.1, 0.15) is 8.14 Å². The zero-order valence-corrected chi connectivity index (χ0v) is 12.3. The second-order valence-corrected chi connectivity index (χ2v) is 6.87. The third kappa shape index (κ3) is 4.80.